The first kappa shape index (κ1) is 19.3. The molecule has 1 N–H and O–H groups in total. The molecule has 6 nitrogen and oxygen atoms in total. The van der Waals surface area contributed by atoms with E-state index in [9.17, 15) is 4.79 Å². The molecule has 0 aliphatic carbocycles. The summed E-state index contributed by atoms with van der Waals surface area (Å²) in [5, 5.41) is 14.7. The molecule has 2 aromatic carbocycles. The zero-order chi connectivity index (χ0) is 20.4. The average molecular weight is 394 g/mol. The van der Waals surface area contributed by atoms with Gasteiger partial charge in [0.25, 0.3) is 0 Å². The molecule has 0 saturated heterocycles. The van der Waals surface area contributed by atoms with Crippen molar-refractivity contribution in [3.05, 3.63) is 53.7 Å². The van der Waals surface area contributed by atoms with Gasteiger partial charge in [0.05, 0.1) is 24.7 Å². The SMILES string of the molecule is CC(C)Cn1ncc2cc(COc3ccc4c(c3)OCCC4CC(=O)O)ccc21. The van der Waals surface area contributed by atoms with Gasteiger partial charge >= 0.3 is 5.97 Å². The molecule has 1 unspecified atom stereocenters. The fourth-order valence-electron chi connectivity index (χ4n) is 3.84. The van der Waals surface area contributed by atoms with Gasteiger partial charge in [0.1, 0.15) is 18.1 Å². The molecule has 1 aliphatic rings. The lowest BCUT2D eigenvalue weighted by Gasteiger charge is -2.25. The highest BCUT2D eigenvalue weighted by Gasteiger charge is 2.24. The maximum Gasteiger partial charge on any atom is 0.303 e. The highest BCUT2D eigenvalue weighted by molar-refractivity contribution is 5.79. The molecule has 6 heteroatoms. The van der Waals surface area contributed by atoms with Gasteiger partial charge in [-0.05, 0) is 41.7 Å². The van der Waals surface area contributed by atoms with E-state index in [-0.39, 0.29) is 12.3 Å². The number of hydrogen-bond acceptors (Lipinski definition) is 4. The van der Waals surface area contributed by atoms with Crippen molar-refractivity contribution in [1.82, 2.24) is 9.78 Å². The fraction of sp³-hybridized carbons (Fsp3) is 0.391. The van der Waals surface area contributed by atoms with Crippen molar-refractivity contribution in [2.45, 2.75) is 45.8 Å². The Morgan fingerprint density at radius 2 is 2.17 bits per heavy atom. The number of hydrogen-bond donors (Lipinski definition) is 1. The Morgan fingerprint density at radius 3 is 2.97 bits per heavy atom. The molecule has 0 radical (unpaired) electrons. The quantitative estimate of drug-likeness (QED) is 0.633. The van der Waals surface area contributed by atoms with Gasteiger partial charge in [0, 0.05) is 23.9 Å². The van der Waals surface area contributed by atoms with Crippen LogP contribution in [0, 0.1) is 5.92 Å². The summed E-state index contributed by atoms with van der Waals surface area (Å²) in [6, 6.07) is 12.0. The van der Waals surface area contributed by atoms with Crippen LogP contribution in [-0.2, 0) is 17.9 Å². The van der Waals surface area contributed by atoms with E-state index in [4.69, 9.17) is 14.6 Å². The van der Waals surface area contributed by atoms with Crippen molar-refractivity contribution in [3.8, 4) is 11.5 Å². The average Bonchev–Trinajstić information content (AvgIpc) is 3.07. The molecule has 2 heterocycles. The number of ether oxygens (including phenoxy) is 2. The standard InChI is InChI=1S/C23H26N2O4/c1-15(2)13-25-21-6-3-16(9-18(21)12-24-25)14-29-19-4-5-20-17(10-23(26)27)7-8-28-22(20)11-19/h3-6,9,11-12,15,17H,7-8,10,13-14H2,1-2H3,(H,26,27). The number of nitrogens with zero attached hydrogens (tertiary/aromatic N) is 2. The third-order valence-corrected chi connectivity index (χ3v) is 5.22. The summed E-state index contributed by atoms with van der Waals surface area (Å²) >= 11 is 0. The third-order valence-electron chi connectivity index (χ3n) is 5.22. The van der Waals surface area contributed by atoms with Crippen molar-refractivity contribution in [3.63, 3.8) is 0 Å². The molecule has 4 rings (SSSR count). The minimum atomic E-state index is -0.782. The van der Waals surface area contributed by atoms with Crippen LogP contribution >= 0.6 is 0 Å². The molecule has 3 aromatic rings. The van der Waals surface area contributed by atoms with Crippen molar-refractivity contribution < 1.29 is 19.4 Å². The molecule has 0 spiro atoms. The molecule has 0 fully saturated rings. The summed E-state index contributed by atoms with van der Waals surface area (Å²) in [7, 11) is 0. The number of aromatic nitrogens is 2. The predicted molar refractivity (Wildman–Crippen MR) is 110 cm³/mol. The fourth-order valence-corrected chi connectivity index (χ4v) is 3.84. The molecule has 0 amide bonds. The highest BCUT2D eigenvalue weighted by Crippen LogP contribution is 2.38. The molecule has 0 bridgehead atoms. The van der Waals surface area contributed by atoms with E-state index in [2.05, 4.69) is 37.1 Å². The summed E-state index contributed by atoms with van der Waals surface area (Å²) in [5.74, 6) is 1.20. The first-order valence-electron chi connectivity index (χ1n) is 10.1. The maximum absolute atomic E-state index is 11.1. The van der Waals surface area contributed by atoms with Gasteiger partial charge in [-0.25, -0.2) is 0 Å². The van der Waals surface area contributed by atoms with Gasteiger partial charge in [0.2, 0.25) is 0 Å². The van der Waals surface area contributed by atoms with Gasteiger partial charge in [0.15, 0.2) is 0 Å². The Bertz CT molecular complexity index is 1020. The van der Waals surface area contributed by atoms with Gasteiger partial charge in [-0.15, -0.1) is 0 Å². The summed E-state index contributed by atoms with van der Waals surface area (Å²) in [5.41, 5.74) is 3.16. The number of carbonyl (C=O) groups is 1. The second kappa shape index (κ2) is 8.15. The Hall–Kier alpha value is -3.02. The molecule has 1 atom stereocenters. The normalized spacial score (nSPS) is 15.9. The van der Waals surface area contributed by atoms with Crippen LogP contribution in [0.1, 0.15) is 43.7 Å². The van der Waals surface area contributed by atoms with Gasteiger partial charge in [-0.3, -0.25) is 9.48 Å². The second-order valence-electron chi connectivity index (χ2n) is 8.03. The van der Waals surface area contributed by atoms with Gasteiger partial charge in [-0.1, -0.05) is 26.0 Å². The summed E-state index contributed by atoms with van der Waals surface area (Å²) < 4.78 is 13.7. The highest BCUT2D eigenvalue weighted by atomic mass is 16.5. The number of aliphatic carboxylic acids is 1. The van der Waals surface area contributed by atoms with Crippen LogP contribution in [0.2, 0.25) is 0 Å². The number of fused-ring (bicyclic) bond motifs is 2. The minimum absolute atomic E-state index is 0.00455. The van der Waals surface area contributed by atoms with Crippen LogP contribution in [0.25, 0.3) is 10.9 Å². The summed E-state index contributed by atoms with van der Waals surface area (Å²) in [6.45, 7) is 6.25. The van der Waals surface area contributed by atoms with Crippen molar-refractivity contribution >= 4 is 16.9 Å². The minimum Gasteiger partial charge on any atom is -0.493 e. The maximum atomic E-state index is 11.1. The zero-order valence-corrected chi connectivity index (χ0v) is 16.8. The Labute approximate surface area is 170 Å². The van der Waals surface area contributed by atoms with Gasteiger partial charge < -0.3 is 14.6 Å². The Balaban J connectivity index is 1.46. The number of carboxylic acids is 1. The van der Waals surface area contributed by atoms with Crippen LogP contribution in [0.5, 0.6) is 11.5 Å². The number of carboxylic acid groups (broad SMARTS) is 1. The van der Waals surface area contributed by atoms with E-state index < -0.39 is 5.97 Å². The molecular formula is C23H26N2O4. The molecule has 1 aliphatic heterocycles. The number of benzene rings is 2. The van der Waals surface area contributed by atoms with E-state index in [1.54, 1.807) is 0 Å². The van der Waals surface area contributed by atoms with Crippen LogP contribution < -0.4 is 9.47 Å². The van der Waals surface area contributed by atoms with Gasteiger partial charge in [-0.2, -0.15) is 5.10 Å². The lowest BCUT2D eigenvalue weighted by atomic mass is 9.90. The van der Waals surface area contributed by atoms with Crippen molar-refractivity contribution in [2.24, 2.45) is 5.92 Å². The van der Waals surface area contributed by atoms with E-state index in [0.29, 0.717) is 19.1 Å². The monoisotopic (exact) mass is 394 g/mol. The van der Waals surface area contributed by atoms with Crippen LogP contribution in [0.3, 0.4) is 0 Å². The molecular weight excluding hydrogens is 368 g/mol. The number of rotatable bonds is 7. The second-order valence-corrected chi connectivity index (χ2v) is 8.03. The smallest absolute Gasteiger partial charge is 0.303 e. The lowest BCUT2D eigenvalue weighted by molar-refractivity contribution is -0.137. The molecule has 1 aromatic heterocycles. The molecule has 0 saturated carbocycles. The van der Waals surface area contributed by atoms with Crippen LogP contribution in [-0.4, -0.2) is 27.5 Å². The Morgan fingerprint density at radius 1 is 1.31 bits per heavy atom. The lowest BCUT2D eigenvalue weighted by Crippen LogP contribution is -2.17. The van der Waals surface area contributed by atoms with E-state index in [1.807, 2.05) is 29.1 Å². The largest absolute Gasteiger partial charge is 0.493 e. The first-order chi connectivity index (χ1) is 14.0. The predicted octanol–water partition coefficient (Wildman–Crippen LogP) is 4.61. The molecule has 152 valence electrons. The molecule has 29 heavy (non-hydrogen) atoms. The van der Waals surface area contributed by atoms with Crippen molar-refractivity contribution in [1.29, 1.82) is 0 Å². The zero-order valence-electron chi connectivity index (χ0n) is 16.8. The summed E-state index contributed by atoms with van der Waals surface area (Å²) in [6.07, 6.45) is 2.75. The first-order valence-corrected chi connectivity index (χ1v) is 10.1. The summed E-state index contributed by atoms with van der Waals surface area (Å²) in [4.78, 5) is 11.1. The van der Waals surface area contributed by atoms with Crippen LogP contribution in [0.15, 0.2) is 42.6 Å². The topological polar surface area (TPSA) is 73.6 Å². The van der Waals surface area contributed by atoms with E-state index in [0.717, 1.165) is 46.5 Å². The van der Waals surface area contributed by atoms with E-state index in [1.165, 1.54) is 0 Å². The third kappa shape index (κ3) is 4.36. The Kier molecular flexibility index (Phi) is 5.43. The van der Waals surface area contributed by atoms with Crippen molar-refractivity contribution in [2.75, 3.05) is 6.61 Å². The van der Waals surface area contributed by atoms with E-state index >= 15 is 0 Å². The van der Waals surface area contributed by atoms with Crippen LogP contribution in [0.4, 0.5) is 0 Å².